The Bertz CT molecular complexity index is 509. The second kappa shape index (κ2) is 7.74. The summed E-state index contributed by atoms with van der Waals surface area (Å²) in [6.07, 6.45) is 1.03. The monoisotopic (exact) mass is 301 g/mol. The van der Waals surface area contributed by atoms with Gasteiger partial charge in [-0.25, -0.2) is 8.78 Å². The molecule has 0 aliphatic heterocycles. The molecular formula is C13H17F2N3OS. The Morgan fingerprint density at radius 2 is 2.00 bits per heavy atom. The summed E-state index contributed by atoms with van der Waals surface area (Å²) < 4.78 is 27.3. The summed E-state index contributed by atoms with van der Waals surface area (Å²) in [6, 6.07) is 2.65. The minimum absolute atomic E-state index is 0.0224. The summed E-state index contributed by atoms with van der Waals surface area (Å²) in [4.78, 5) is 11.1. The third-order valence-corrected chi connectivity index (χ3v) is 2.81. The first-order chi connectivity index (χ1) is 9.47. The molecule has 0 bridgehead atoms. The van der Waals surface area contributed by atoms with Crippen LogP contribution in [0.3, 0.4) is 0 Å². The fourth-order valence-electron chi connectivity index (χ4n) is 1.54. The minimum Gasteiger partial charge on any atom is -0.389 e. The molecule has 0 heterocycles. The first-order valence-electron chi connectivity index (χ1n) is 6.25. The summed E-state index contributed by atoms with van der Waals surface area (Å²) in [7, 11) is 0. The minimum atomic E-state index is -1.09. The fourth-order valence-corrected chi connectivity index (χ4v) is 1.70. The zero-order valence-corrected chi connectivity index (χ0v) is 11.9. The van der Waals surface area contributed by atoms with Crippen LogP contribution in [0.15, 0.2) is 12.1 Å². The molecular weight excluding hydrogens is 284 g/mol. The summed E-state index contributed by atoms with van der Waals surface area (Å²) >= 11 is 4.61. The van der Waals surface area contributed by atoms with Crippen LogP contribution in [-0.4, -0.2) is 24.0 Å². The van der Waals surface area contributed by atoms with Gasteiger partial charge in [0.05, 0.1) is 5.69 Å². The maximum Gasteiger partial charge on any atom is 0.221 e. The lowest BCUT2D eigenvalue weighted by molar-refractivity contribution is -0.120. The molecule has 0 radical (unpaired) electrons. The molecule has 0 aliphatic carbocycles. The number of nitrogens with one attached hydrogen (secondary N) is 2. The highest BCUT2D eigenvalue weighted by molar-refractivity contribution is 7.80. The molecule has 1 aromatic carbocycles. The van der Waals surface area contributed by atoms with Gasteiger partial charge < -0.3 is 16.4 Å². The number of hydrogen-bond donors (Lipinski definition) is 3. The van der Waals surface area contributed by atoms with E-state index in [2.05, 4.69) is 22.9 Å². The third-order valence-electron chi connectivity index (χ3n) is 2.59. The molecule has 0 aliphatic rings. The van der Waals surface area contributed by atoms with Crippen LogP contribution in [0.4, 0.5) is 14.5 Å². The number of thiocarbonyl (C=S) groups is 1. The van der Waals surface area contributed by atoms with Gasteiger partial charge in [0.1, 0.15) is 4.99 Å². The van der Waals surface area contributed by atoms with E-state index in [9.17, 15) is 13.6 Å². The van der Waals surface area contributed by atoms with Gasteiger partial charge in [-0.15, -0.1) is 0 Å². The summed E-state index contributed by atoms with van der Waals surface area (Å²) in [6.45, 7) is 2.75. The van der Waals surface area contributed by atoms with Crippen molar-refractivity contribution in [1.29, 1.82) is 0 Å². The molecule has 0 atom stereocenters. The summed E-state index contributed by atoms with van der Waals surface area (Å²) in [5.74, 6) is -2.28. The highest BCUT2D eigenvalue weighted by atomic mass is 32.1. The van der Waals surface area contributed by atoms with Crippen molar-refractivity contribution in [2.75, 3.05) is 18.4 Å². The Morgan fingerprint density at radius 1 is 1.30 bits per heavy atom. The van der Waals surface area contributed by atoms with Crippen molar-refractivity contribution in [2.45, 2.75) is 19.8 Å². The number of amides is 1. The maximum absolute atomic E-state index is 13.7. The van der Waals surface area contributed by atoms with Crippen molar-refractivity contribution in [1.82, 2.24) is 5.32 Å². The normalized spacial score (nSPS) is 10.2. The topological polar surface area (TPSA) is 67.2 Å². The second-order valence-electron chi connectivity index (χ2n) is 4.18. The molecule has 0 saturated carbocycles. The fraction of sp³-hybridized carbons (Fsp3) is 0.385. The Kier molecular flexibility index (Phi) is 6.30. The lowest BCUT2D eigenvalue weighted by Crippen LogP contribution is -2.26. The quantitative estimate of drug-likeness (QED) is 0.673. The average Bonchev–Trinajstić information content (AvgIpc) is 2.40. The van der Waals surface area contributed by atoms with E-state index in [1.54, 1.807) is 0 Å². The van der Waals surface area contributed by atoms with Crippen LogP contribution in [0.5, 0.6) is 0 Å². The SMILES string of the molecule is CCCNC(=O)CCNc1ccc(C(N)=S)c(F)c1F. The van der Waals surface area contributed by atoms with Gasteiger partial charge >= 0.3 is 0 Å². The van der Waals surface area contributed by atoms with E-state index in [1.807, 2.05) is 6.92 Å². The van der Waals surface area contributed by atoms with Crippen LogP contribution in [0.2, 0.25) is 0 Å². The van der Waals surface area contributed by atoms with Crippen molar-refractivity contribution in [3.63, 3.8) is 0 Å². The molecule has 7 heteroatoms. The summed E-state index contributed by atoms with van der Waals surface area (Å²) in [5.41, 5.74) is 5.11. The molecule has 4 N–H and O–H groups in total. The molecule has 0 spiro atoms. The van der Waals surface area contributed by atoms with Gasteiger partial charge in [-0.2, -0.15) is 0 Å². The molecule has 110 valence electrons. The first kappa shape index (κ1) is 16.3. The molecule has 1 amide bonds. The first-order valence-corrected chi connectivity index (χ1v) is 6.66. The van der Waals surface area contributed by atoms with Crippen LogP contribution in [-0.2, 0) is 4.79 Å². The molecule has 0 saturated heterocycles. The molecule has 0 aromatic heterocycles. The Labute approximate surface area is 121 Å². The largest absolute Gasteiger partial charge is 0.389 e. The number of nitrogens with two attached hydrogens (primary N) is 1. The average molecular weight is 301 g/mol. The molecule has 4 nitrogen and oxygen atoms in total. The van der Waals surface area contributed by atoms with Gasteiger partial charge in [0.2, 0.25) is 5.91 Å². The molecule has 0 fully saturated rings. The van der Waals surface area contributed by atoms with E-state index < -0.39 is 11.6 Å². The number of halogens is 2. The van der Waals surface area contributed by atoms with Crippen LogP contribution in [0, 0.1) is 11.6 Å². The maximum atomic E-state index is 13.7. The second-order valence-corrected chi connectivity index (χ2v) is 4.62. The third kappa shape index (κ3) is 4.41. The van der Waals surface area contributed by atoms with Crippen molar-refractivity contribution in [2.24, 2.45) is 5.73 Å². The van der Waals surface area contributed by atoms with Crippen LogP contribution < -0.4 is 16.4 Å². The van der Waals surface area contributed by atoms with Gasteiger partial charge in [-0.05, 0) is 18.6 Å². The van der Waals surface area contributed by atoms with Gasteiger partial charge in [-0.1, -0.05) is 19.1 Å². The van der Waals surface area contributed by atoms with E-state index in [4.69, 9.17) is 5.73 Å². The number of benzene rings is 1. The van der Waals surface area contributed by atoms with Crippen LogP contribution >= 0.6 is 12.2 Å². The lowest BCUT2D eigenvalue weighted by atomic mass is 10.1. The van der Waals surface area contributed by atoms with E-state index in [1.165, 1.54) is 12.1 Å². The highest BCUT2D eigenvalue weighted by Gasteiger charge is 2.14. The molecule has 0 unspecified atom stereocenters. The Balaban J connectivity index is 2.59. The zero-order valence-electron chi connectivity index (χ0n) is 11.1. The number of hydrogen-bond acceptors (Lipinski definition) is 3. The van der Waals surface area contributed by atoms with Crippen molar-refractivity contribution < 1.29 is 13.6 Å². The van der Waals surface area contributed by atoms with Crippen molar-refractivity contribution in [3.8, 4) is 0 Å². The predicted octanol–water partition coefficient (Wildman–Crippen LogP) is 1.93. The summed E-state index contributed by atoms with van der Waals surface area (Å²) in [5, 5.41) is 5.36. The standard InChI is InChI=1S/C13H17F2N3OS/c1-2-6-18-10(19)5-7-17-9-4-3-8(13(16)20)11(14)12(9)15/h3-4,17H,2,5-7H2,1H3,(H2,16,20)(H,18,19). The van der Waals surface area contributed by atoms with E-state index in [0.29, 0.717) is 6.54 Å². The Morgan fingerprint density at radius 3 is 2.60 bits per heavy atom. The molecule has 1 aromatic rings. The van der Waals surface area contributed by atoms with Gasteiger partial charge in [0.15, 0.2) is 11.6 Å². The number of anilines is 1. The van der Waals surface area contributed by atoms with Crippen molar-refractivity contribution >= 4 is 28.8 Å². The van der Waals surface area contributed by atoms with Gasteiger partial charge in [-0.3, -0.25) is 4.79 Å². The number of rotatable bonds is 7. The van der Waals surface area contributed by atoms with E-state index >= 15 is 0 Å². The lowest BCUT2D eigenvalue weighted by Gasteiger charge is -2.10. The van der Waals surface area contributed by atoms with Gasteiger partial charge in [0.25, 0.3) is 0 Å². The van der Waals surface area contributed by atoms with Crippen LogP contribution in [0.25, 0.3) is 0 Å². The number of carbonyl (C=O) groups excluding carboxylic acids is 1. The highest BCUT2D eigenvalue weighted by Crippen LogP contribution is 2.20. The van der Waals surface area contributed by atoms with Crippen molar-refractivity contribution in [3.05, 3.63) is 29.3 Å². The Hall–Kier alpha value is -1.76. The van der Waals surface area contributed by atoms with E-state index in [0.717, 1.165) is 6.42 Å². The van der Waals surface area contributed by atoms with E-state index in [-0.39, 0.29) is 35.1 Å². The molecule has 20 heavy (non-hydrogen) atoms. The molecule has 1 rings (SSSR count). The van der Waals surface area contributed by atoms with Crippen LogP contribution in [0.1, 0.15) is 25.3 Å². The predicted molar refractivity (Wildman–Crippen MR) is 78.7 cm³/mol. The number of carbonyl (C=O) groups is 1. The zero-order chi connectivity index (χ0) is 15.1. The van der Waals surface area contributed by atoms with Gasteiger partial charge in [0, 0.05) is 25.1 Å². The smallest absolute Gasteiger partial charge is 0.221 e.